The fourth-order valence-electron chi connectivity index (χ4n) is 2.46. The van der Waals surface area contributed by atoms with Crippen molar-refractivity contribution in [3.05, 3.63) is 35.4 Å². The number of aryl methyl sites for hydroxylation is 1. The molecule has 0 unspecified atom stereocenters. The van der Waals surface area contributed by atoms with Crippen LogP contribution < -0.4 is 0 Å². The number of benzene rings is 1. The molecular formula is C16H23NO. The fourth-order valence-corrected chi connectivity index (χ4v) is 2.46. The highest BCUT2D eigenvalue weighted by Crippen LogP contribution is 2.27. The minimum absolute atomic E-state index is 0.250. The van der Waals surface area contributed by atoms with Crippen LogP contribution in [0.3, 0.4) is 0 Å². The van der Waals surface area contributed by atoms with Crippen LogP contribution in [0.1, 0.15) is 42.1 Å². The van der Waals surface area contributed by atoms with Crippen molar-refractivity contribution >= 4 is 5.78 Å². The third-order valence-corrected chi connectivity index (χ3v) is 3.90. The maximum atomic E-state index is 12.2. The molecule has 0 aromatic heterocycles. The molecule has 1 fully saturated rings. The molecule has 1 aromatic carbocycles. The lowest BCUT2D eigenvalue weighted by atomic mass is 9.85. The summed E-state index contributed by atoms with van der Waals surface area (Å²) in [6.07, 6.45) is 4.05. The summed E-state index contributed by atoms with van der Waals surface area (Å²) in [5.74, 6) is 1.08. The van der Waals surface area contributed by atoms with Gasteiger partial charge < -0.3 is 0 Å². The molecule has 0 atom stereocenters. The number of ketones is 1. The van der Waals surface area contributed by atoms with E-state index in [4.69, 9.17) is 0 Å². The Balaban J connectivity index is 1.91. The number of carbonyl (C=O) groups excluding carboxylic acids is 1. The molecule has 0 radical (unpaired) electrons. The zero-order valence-corrected chi connectivity index (χ0v) is 11.5. The summed E-state index contributed by atoms with van der Waals surface area (Å²) in [5.41, 5.74) is 2.00. The van der Waals surface area contributed by atoms with Crippen molar-refractivity contribution in [1.29, 1.82) is 0 Å². The van der Waals surface area contributed by atoms with Crippen LogP contribution in [-0.2, 0) is 0 Å². The van der Waals surface area contributed by atoms with E-state index in [0.717, 1.165) is 30.1 Å². The summed E-state index contributed by atoms with van der Waals surface area (Å²) < 4.78 is 0. The van der Waals surface area contributed by atoms with E-state index in [2.05, 4.69) is 11.8 Å². The van der Waals surface area contributed by atoms with E-state index in [-0.39, 0.29) is 5.78 Å². The van der Waals surface area contributed by atoms with Crippen molar-refractivity contribution in [3.63, 3.8) is 0 Å². The Labute approximate surface area is 110 Å². The zero-order chi connectivity index (χ0) is 13.0. The van der Waals surface area contributed by atoms with Crippen LogP contribution in [0.4, 0.5) is 0 Å². The first-order chi connectivity index (χ1) is 8.69. The van der Waals surface area contributed by atoms with Gasteiger partial charge in [-0.3, -0.25) is 9.69 Å². The Bertz CT molecular complexity index is 409. The monoisotopic (exact) mass is 245 g/mol. The molecule has 2 rings (SSSR count). The summed E-state index contributed by atoms with van der Waals surface area (Å²) >= 11 is 0. The lowest BCUT2D eigenvalue weighted by molar-refractivity contribution is 0.0905. The first kappa shape index (κ1) is 13.3. The van der Waals surface area contributed by atoms with Gasteiger partial charge in [-0.05, 0) is 38.3 Å². The summed E-state index contributed by atoms with van der Waals surface area (Å²) in [6, 6.07) is 7.90. The molecule has 18 heavy (non-hydrogen) atoms. The van der Waals surface area contributed by atoms with Crippen LogP contribution in [0.15, 0.2) is 24.3 Å². The molecule has 1 aliphatic rings. The SMILES string of the molecule is CCN(CC(=O)c1cccc(C)c1)CC1CCC1. The topological polar surface area (TPSA) is 20.3 Å². The number of hydrogen-bond donors (Lipinski definition) is 0. The van der Waals surface area contributed by atoms with Crippen LogP contribution in [0, 0.1) is 12.8 Å². The largest absolute Gasteiger partial charge is 0.296 e. The molecule has 98 valence electrons. The molecule has 2 heteroatoms. The summed E-state index contributed by atoms with van der Waals surface area (Å²) in [4.78, 5) is 14.5. The van der Waals surface area contributed by atoms with Gasteiger partial charge in [0.1, 0.15) is 0 Å². The average molecular weight is 245 g/mol. The molecular weight excluding hydrogens is 222 g/mol. The highest BCUT2D eigenvalue weighted by atomic mass is 16.1. The Morgan fingerprint density at radius 2 is 2.17 bits per heavy atom. The van der Waals surface area contributed by atoms with Crippen molar-refractivity contribution in [2.75, 3.05) is 19.6 Å². The van der Waals surface area contributed by atoms with E-state index < -0.39 is 0 Å². The van der Waals surface area contributed by atoms with E-state index in [1.165, 1.54) is 19.3 Å². The van der Waals surface area contributed by atoms with Gasteiger partial charge in [-0.2, -0.15) is 0 Å². The van der Waals surface area contributed by atoms with Gasteiger partial charge in [0.15, 0.2) is 5.78 Å². The molecule has 1 aromatic rings. The van der Waals surface area contributed by atoms with Gasteiger partial charge in [-0.1, -0.05) is 37.1 Å². The van der Waals surface area contributed by atoms with E-state index in [1.807, 2.05) is 31.2 Å². The second kappa shape index (κ2) is 6.14. The molecule has 1 saturated carbocycles. The van der Waals surface area contributed by atoms with E-state index in [0.29, 0.717) is 6.54 Å². The van der Waals surface area contributed by atoms with Crippen LogP contribution in [0.2, 0.25) is 0 Å². The first-order valence-electron chi connectivity index (χ1n) is 7.01. The highest BCUT2D eigenvalue weighted by molar-refractivity contribution is 5.97. The van der Waals surface area contributed by atoms with E-state index in [9.17, 15) is 4.79 Å². The minimum atomic E-state index is 0.250. The number of likely N-dealkylation sites (N-methyl/N-ethyl adjacent to an activating group) is 1. The number of Topliss-reactive ketones (excluding diaryl/α,β-unsaturated/α-hetero) is 1. The minimum Gasteiger partial charge on any atom is -0.296 e. The Kier molecular flexibility index (Phi) is 4.54. The van der Waals surface area contributed by atoms with Gasteiger partial charge in [-0.25, -0.2) is 0 Å². The smallest absolute Gasteiger partial charge is 0.176 e. The normalized spacial score (nSPS) is 15.7. The van der Waals surface area contributed by atoms with Crippen LogP contribution in [0.5, 0.6) is 0 Å². The Hall–Kier alpha value is -1.15. The average Bonchev–Trinajstić information content (AvgIpc) is 2.31. The van der Waals surface area contributed by atoms with Gasteiger partial charge >= 0.3 is 0 Å². The van der Waals surface area contributed by atoms with Crippen LogP contribution in [-0.4, -0.2) is 30.3 Å². The predicted octanol–water partition coefficient (Wildman–Crippen LogP) is 3.30. The second-order valence-corrected chi connectivity index (χ2v) is 5.42. The van der Waals surface area contributed by atoms with Crippen molar-refractivity contribution in [1.82, 2.24) is 4.90 Å². The quantitative estimate of drug-likeness (QED) is 0.717. The summed E-state index contributed by atoms with van der Waals surface area (Å²) in [5, 5.41) is 0. The number of hydrogen-bond acceptors (Lipinski definition) is 2. The first-order valence-corrected chi connectivity index (χ1v) is 7.01. The molecule has 2 nitrogen and oxygen atoms in total. The van der Waals surface area contributed by atoms with E-state index in [1.54, 1.807) is 0 Å². The Morgan fingerprint density at radius 1 is 1.39 bits per heavy atom. The van der Waals surface area contributed by atoms with E-state index >= 15 is 0 Å². The van der Waals surface area contributed by atoms with Gasteiger partial charge in [-0.15, -0.1) is 0 Å². The third-order valence-electron chi connectivity index (χ3n) is 3.90. The number of rotatable bonds is 6. The van der Waals surface area contributed by atoms with Crippen molar-refractivity contribution in [3.8, 4) is 0 Å². The molecule has 0 saturated heterocycles. The summed E-state index contributed by atoms with van der Waals surface area (Å²) in [7, 11) is 0. The van der Waals surface area contributed by atoms with Crippen molar-refractivity contribution in [2.45, 2.75) is 33.1 Å². The highest BCUT2D eigenvalue weighted by Gasteiger charge is 2.21. The predicted molar refractivity (Wildman–Crippen MR) is 75.0 cm³/mol. The van der Waals surface area contributed by atoms with Crippen molar-refractivity contribution in [2.24, 2.45) is 5.92 Å². The lowest BCUT2D eigenvalue weighted by Gasteiger charge is -2.31. The van der Waals surface area contributed by atoms with Gasteiger partial charge in [0.2, 0.25) is 0 Å². The summed E-state index contributed by atoms with van der Waals surface area (Å²) in [6.45, 7) is 6.80. The Morgan fingerprint density at radius 3 is 2.72 bits per heavy atom. The second-order valence-electron chi connectivity index (χ2n) is 5.42. The standard InChI is InChI=1S/C16H23NO/c1-3-17(11-14-7-5-8-14)12-16(18)15-9-4-6-13(2)10-15/h4,6,9-10,14H,3,5,7-8,11-12H2,1-2H3. The van der Waals surface area contributed by atoms with Gasteiger partial charge in [0, 0.05) is 12.1 Å². The van der Waals surface area contributed by atoms with Crippen molar-refractivity contribution < 1.29 is 4.79 Å². The third kappa shape index (κ3) is 3.42. The molecule has 0 heterocycles. The van der Waals surface area contributed by atoms with Gasteiger partial charge in [0.25, 0.3) is 0 Å². The maximum absolute atomic E-state index is 12.2. The lowest BCUT2D eigenvalue weighted by Crippen LogP contribution is -2.36. The molecule has 1 aliphatic carbocycles. The van der Waals surface area contributed by atoms with Crippen LogP contribution in [0.25, 0.3) is 0 Å². The van der Waals surface area contributed by atoms with Crippen LogP contribution >= 0.6 is 0 Å². The number of nitrogens with zero attached hydrogens (tertiary/aromatic N) is 1. The molecule has 0 amide bonds. The fraction of sp³-hybridized carbons (Fsp3) is 0.562. The maximum Gasteiger partial charge on any atom is 0.176 e. The number of carbonyl (C=O) groups is 1. The zero-order valence-electron chi connectivity index (χ0n) is 11.5. The molecule has 0 N–H and O–H groups in total. The molecule has 0 bridgehead atoms. The molecule has 0 aliphatic heterocycles. The van der Waals surface area contributed by atoms with Gasteiger partial charge in [0.05, 0.1) is 6.54 Å². The molecule has 0 spiro atoms.